The zero-order chi connectivity index (χ0) is 13.8. The SMILES string of the molecule is CC(C)(C)SCCC(=O)Nc1ccc(Cl)c(N)c1. The number of halogens is 1. The van der Waals surface area contributed by atoms with Crippen molar-refractivity contribution in [2.75, 3.05) is 16.8 Å². The third-order valence-corrected chi connectivity index (χ3v) is 3.76. The van der Waals surface area contributed by atoms with Crippen LogP contribution in [-0.2, 0) is 4.79 Å². The minimum atomic E-state index is -0.00604. The van der Waals surface area contributed by atoms with Gasteiger partial charge in [-0.15, -0.1) is 0 Å². The van der Waals surface area contributed by atoms with Gasteiger partial charge in [0.1, 0.15) is 0 Å². The lowest BCUT2D eigenvalue weighted by atomic mass is 10.2. The van der Waals surface area contributed by atoms with E-state index in [-0.39, 0.29) is 10.7 Å². The summed E-state index contributed by atoms with van der Waals surface area (Å²) < 4.78 is 0.185. The number of rotatable bonds is 4. The molecule has 1 aromatic rings. The highest BCUT2D eigenvalue weighted by Crippen LogP contribution is 2.24. The highest BCUT2D eigenvalue weighted by molar-refractivity contribution is 8.00. The minimum absolute atomic E-state index is 0.00604. The van der Waals surface area contributed by atoms with Gasteiger partial charge in [-0.25, -0.2) is 0 Å². The summed E-state index contributed by atoms with van der Waals surface area (Å²) in [4.78, 5) is 11.7. The molecule has 3 nitrogen and oxygen atoms in total. The summed E-state index contributed by atoms with van der Waals surface area (Å²) in [6.07, 6.45) is 0.491. The minimum Gasteiger partial charge on any atom is -0.397 e. The third-order valence-electron chi connectivity index (χ3n) is 2.14. The number of hydrogen-bond acceptors (Lipinski definition) is 3. The van der Waals surface area contributed by atoms with E-state index < -0.39 is 0 Å². The van der Waals surface area contributed by atoms with Gasteiger partial charge in [0.05, 0.1) is 10.7 Å². The molecule has 0 bridgehead atoms. The number of anilines is 2. The third kappa shape index (κ3) is 5.65. The Balaban J connectivity index is 2.42. The summed E-state index contributed by atoms with van der Waals surface area (Å²) >= 11 is 7.58. The Morgan fingerprint density at radius 3 is 2.67 bits per heavy atom. The van der Waals surface area contributed by atoms with Crippen molar-refractivity contribution in [2.45, 2.75) is 31.9 Å². The van der Waals surface area contributed by atoms with Gasteiger partial charge < -0.3 is 11.1 Å². The first-order chi connectivity index (χ1) is 8.28. The Labute approximate surface area is 117 Å². The molecule has 1 amide bonds. The lowest BCUT2D eigenvalue weighted by Gasteiger charge is -2.17. The molecule has 0 radical (unpaired) electrons. The smallest absolute Gasteiger partial charge is 0.225 e. The predicted molar refractivity (Wildman–Crippen MR) is 81.3 cm³/mol. The van der Waals surface area contributed by atoms with Crippen molar-refractivity contribution in [1.29, 1.82) is 0 Å². The monoisotopic (exact) mass is 286 g/mol. The van der Waals surface area contributed by atoms with E-state index in [9.17, 15) is 4.79 Å². The molecule has 0 fully saturated rings. The number of nitrogen functional groups attached to an aromatic ring is 1. The first-order valence-corrected chi connectivity index (χ1v) is 7.13. The number of carbonyl (C=O) groups excluding carboxylic acids is 1. The van der Waals surface area contributed by atoms with Crippen LogP contribution in [0.5, 0.6) is 0 Å². The standard InChI is InChI=1S/C13H19ClN2OS/c1-13(2,3)18-7-6-12(17)16-9-4-5-10(14)11(15)8-9/h4-5,8H,6-7,15H2,1-3H3,(H,16,17). The predicted octanol–water partition coefficient (Wildman–Crippen LogP) is 3.78. The van der Waals surface area contributed by atoms with Gasteiger partial charge in [0.25, 0.3) is 0 Å². The molecular formula is C13H19ClN2OS. The first-order valence-electron chi connectivity index (χ1n) is 5.77. The summed E-state index contributed by atoms with van der Waals surface area (Å²) in [5.74, 6) is 0.798. The molecule has 100 valence electrons. The van der Waals surface area contributed by atoms with E-state index in [1.165, 1.54) is 0 Å². The molecule has 1 aromatic carbocycles. The van der Waals surface area contributed by atoms with Crippen LogP contribution in [0.25, 0.3) is 0 Å². The van der Waals surface area contributed by atoms with Crippen LogP contribution in [-0.4, -0.2) is 16.4 Å². The Morgan fingerprint density at radius 2 is 2.11 bits per heavy atom. The Morgan fingerprint density at radius 1 is 1.44 bits per heavy atom. The lowest BCUT2D eigenvalue weighted by Crippen LogP contribution is -2.15. The molecule has 0 saturated heterocycles. The Kier molecular flexibility index (Phi) is 5.35. The van der Waals surface area contributed by atoms with E-state index in [1.54, 1.807) is 30.0 Å². The molecule has 1 rings (SSSR count). The van der Waals surface area contributed by atoms with Crippen molar-refractivity contribution in [3.8, 4) is 0 Å². The van der Waals surface area contributed by atoms with Crippen LogP contribution < -0.4 is 11.1 Å². The lowest BCUT2D eigenvalue weighted by molar-refractivity contribution is -0.115. The van der Waals surface area contributed by atoms with Crippen molar-refractivity contribution in [3.63, 3.8) is 0 Å². The summed E-state index contributed by atoms with van der Waals surface area (Å²) in [5.41, 5.74) is 6.82. The van der Waals surface area contributed by atoms with E-state index in [4.69, 9.17) is 17.3 Å². The van der Waals surface area contributed by atoms with E-state index in [0.717, 1.165) is 5.75 Å². The second-order valence-electron chi connectivity index (χ2n) is 5.00. The zero-order valence-electron chi connectivity index (χ0n) is 10.9. The fourth-order valence-corrected chi connectivity index (χ4v) is 2.31. The number of carbonyl (C=O) groups is 1. The maximum Gasteiger partial charge on any atom is 0.225 e. The van der Waals surface area contributed by atoms with Gasteiger partial charge in [0, 0.05) is 22.6 Å². The molecule has 0 aliphatic carbocycles. The highest BCUT2D eigenvalue weighted by Gasteiger charge is 2.11. The Bertz CT molecular complexity index is 429. The second kappa shape index (κ2) is 6.34. The van der Waals surface area contributed by atoms with Crippen LogP contribution in [0.15, 0.2) is 18.2 Å². The van der Waals surface area contributed by atoms with Crippen LogP contribution in [0.2, 0.25) is 5.02 Å². The van der Waals surface area contributed by atoms with Gasteiger partial charge in [0.2, 0.25) is 5.91 Å². The van der Waals surface area contributed by atoms with Crippen LogP contribution in [0.4, 0.5) is 11.4 Å². The zero-order valence-corrected chi connectivity index (χ0v) is 12.5. The summed E-state index contributed by atoms with van der Waals surface area (Å²) in [5, 5.41) is 3.30. The number of nitrogens with two attached hydrogens (primary N) is 1. The highest BCUT2D eigenvalue weighted by atomic mass is 35.5. The summed E-state index contributed by atoms with van der Waals surface area (Å²) in [6.45, 7) is 6.40. The van der Waals surface area contributed by atoms with Crippen LogP contribution in [0, 0.1) is 0 Å². The molecule has 0 saturated carbocycles. The van der Waals surface area contributed by atoms with Crippen molar-refractivity contribution < 1.29 is 4.79 Å². The number of amides is 1. The normalized spacial score (nSPS) is 11.3. The number of benzene rings is 1. The quantitative estimate of drug-likeness (QED) is 0.828. The molecule has 5 heteroatoms. The first kappa shape index (κ1) is 15.2. The van der Waals surface area contributed by atoms with Crippen molar-refractivity contribution >= 4 is 40.6 Å². The number of hydrogen-bond donors (Lipinski definition) is 2. The van der Waals surface area contributed by atoms with Gasteiger partial charge in [-0.1, -0.05) is 32.4 Å². The van der Waals surface area contributed by atoms with Crippen LogP contribution in [0.3, 0.4) is 0 Å². The largest absolute Gasteiger partial charge is 0.397 e. The molecule has 0 atom stereocenters. The van der Waals surface area contributed by atoms with Gasteiger partial charge in [-0.2, -0.15) is 11.8 Å². The molecule has 3 N–H and O–H groups in total. The van der Waals surface area contributed by atoms with E-state index in [1.807, 2.05) is 0 Å². The van der Waals surface area contributed by atoms with Crippen molar-refractivity contribution in [3.05, 3.63) is 23.2 Å². The molecule has 0 spiro atoms. The average Bonchev–Trinajstić information content (AvgIpc) is 2.21. The van der Waals surface area contributed by atoms with E-state index >= 15 is 0 Å². The molecule has 0 aliphatic heterocycles. The van der Waals surface area contributed by atoms with E-state index in [0.29, 0.717) is 22.8 Å². The fourth-order valence-electron chi connectivity index (χ4n) is 1.29. The van der Waals surface area contributed by atoms with Gasteiger partial charge in [-0.3, -0.25) is 4.79 Å². The van der Waals surface area contributed by atoms with E-state index in [2.05, 4.69) is 26.1 Å². The second-order valence-corrected chi connectivity index (χ2v) is 7.32. The maximum absolute atomic E-state index is 11.7. The summed E-state index contributed by atoms with van der Waals surface area (Å²) in [6, 6.07) is 5.08. The molecular weight excluding hydrogens is 268 g/mol. The summed E-state index contributed by atoms with van der Waals surface area (Å²) in [7, 11) is 0. The fraction of sp³-hybridized carbons (Fsp3) is 0.462. The number of nitrogens with one attached hydrogen (secondary N) is 1. The van der Waals surface area contributed by atoms with Crippen molar-refractivity contribution in [1.82, 2.24) is 0 Å². The van der Waals surface area contributed by atoms with Gasteiger partial charge in [0.15, 0.2) is 0 Å². The van der Waals surface area contributed by atoms with Crippen LogP contribution in [0.1, 0.15) is 27.2 Å². The average molecular weight is 287 g/mol. The topological polar surface area (TPSA) is 55.1 Å². The molecule has 18 heavy (non-hydrogen) atoms. The molecule has 0 aliphatic rings. The van der Waals surface area contributed by atoms with Crippen molar-refractivity contribution in [2.24, 2.45) is 0 Å². The molecule has 0 aromatic heterocycles. The number of thioether (sulfide) groups is 1. The van der Waals surface area contributed by atoms with Gasteiger partial charge >= 0.3 is 0 Å². The molecule has 0 unspecified atom stereocenters. The Hall–Kier alpha value is -0.870. The van der Waals surface area contributed by atoms with Gasteiger partial charge in [-0.05, 0) is 18.2 Å². The van der Waals surface area contributed by atoms with Crippen LogP contribution >= 0.6 is 23.4 Å². The maximum atomic E-state index is 11.7. The molecule has 0 heterocycles.